The molecule has 2 aliphatic heterocycles. The first-order chi connectivity index (χ1) is 11.4. The largest absolute Gasteiger partial charge is 0.401 e. The number of rotatable bonds is 4. The van der Waals surface area contributed by atoms with E-state index in [0.29, 0.717) is 13.1 Å². The minimum atomic E-state index is -4.33. The predicted octanol–water partition coefficient (Wildman–Crippen LogP) is 1.78. The molecule has 24 heavy (non-hydrogen) atoms. The maximum absolute atomic E-state index is 12.6. The van der Waals surface area contributed by atoms with Gasteiger partial charge >= 0.3 is 6.18 Å². The molecule has 138 valence electrons. The van der Waals surface area contributed by atoms with Crippen LogP contribution in [-0.4, -0.2) is 67.1 Å². The summed E-state index contributed by atoms with van der Waals surface area (Å²) in [5.74, 6) is -0.492. The van der Waals surface area contributed by atoms with E-state index in [1.54, 1.807) is 0 Å². The fourth-order valence-electron chi connectivity index (χ4n) is 3.38. The van der Waals surface area contributed by atoms with Gasteiger partial charge in [-0.3, -0.25) is 9.59 Å². The molecule has 5 nitrogen and oxygen atoms in total. The Bertz CT molecular complexity index is 435. The molecule has 0 spiro atoms. The Morgan fingerprint density at radius 1 is 0.958 bits per heavy atom. The smallest absolute Gasteiger partial charge is 0.342 e. The first-order valence-corrected chi connectivity index (χ1v) is 8.71. The quantitative estimate of drug-likeness (QED) is 0.842. The van der Waals surface area contributed by atoms with Gasteiger partial charge in [0.2, 0.25) is 11.8 Å². The third-order valence-corrected chi connectivity index (χ3v) is 4.64. The lowest BCUT2D eigenvalue weighted by molar-refractivity contribution is -0.141. The first-order valence-electron chi connectivity index (χ1n) is 8.71. The summed E-state index contributed by atoms with van der Waals surface area (Å²) < 4.78 is 36.4. The predicted molar refractivity (Wildman–Crippen MR) is 83.3 cm³/mol. The summed E-state index contributed by atoms with van der Waals surface area (Å²) >= 11 is 0. The second-order valence-corrected chi connectivity index (χ2v) is 6.64. The number of hydrogen-bond acceptors (Lipinski definition) is 3. The minimum Gasteiger partial charge on any atom is -0.342 e. The fourth-order valence-corrected chi connectivity index (χ4v) is 3.38. The maximum Gasteiger partial charge on any atom is 0.401 e. The van der Waals surface area contributed by atoms with Crippen LogP contribution in [0.15, 0.2) is 0 Å². The van der Waals surface area contributed by atoms with Crippen molar-refractivity contribution in [2.24, 2.45) is 5.92 Å². The number of likely N-dealkylation sites (tertiary alicyclic amines) is 2. The van der Waals surface area contributed by atoms with Crippen LogP contribution in [0.1, 0.15) is 38.5 Å². The Labute approximate surface area is 140 Å². The highest BCUT2D eigenvalue weighted by Crippen LogP contribution is 2.21. The molecule has 2 saturated heterocycles. The summed E-state index contributed by atoms with van der Waals surface area (Å²) in [5.41, 5.74) is 0. The van der Waals surface area contributed by atoms with Gasteiger partial charge in [-0.15, -0.1) is 0 Å². The monoisotopic (exact) mass is 349 g/mol. The maximum atomic E-state index is 12.6. The summed E-state index contributed by atoms with van der Waals surface area (Å²) in [6.07, 6.45) is 1.45. The summed E-state index contributed by atoms with van der Waals surface area (Å²) in [6, 6.07) is 0. The lowest BCUT2D eigenvalue weighted by Crippen LogP contribution is -2.49. The van der Waals surface area contributed by atoms with Crippen molar-refractivity contribution in [2.45, 2.75) is 44.7 Å². The molecular weight excluding hydrogens is 323 g/mol. The van der Waals surface area contributed by atoms with Crippen molar-refractivity contribution < 1.29 is 22.8 Å². The second kappa shape index (κ2) is 8.69. The van der Waals surface area contributed by atoms with Crippen LogP contribution in [0.2, 0.25) is 0 Å². The second-order valence-electron chi connectivity index (χ2n) is 6.64. The Morgan fingerprint density at radius 3 is 2.21 bits per heavy atom. The summed E-state index contributed by atoms with van der Waals surface area (Å²) in [6.45, 7) is 0.859. The van der Waals surface area contributed by atoms with E-state index in [1.165, 1.54) is 4.90 Å². The highest BCUT2D eigenvalue weighted by molar-refractivity contribution is 5.82. The van der Waals surface area contributed by atoms with E-state index in [4.69, 9.17) is 0 Å². The van der Waals surface area contributed by atoms with E-state index in [1.807, 2.05) is 4.90 Å². The Morgan fingerprint density at radius 2 is 1.58 bits per heavy atom. The van der Waals surface area contributed by atoms with Crippen molar-refractivity contribution in [2.75, 3.05) is 39.3 Å². The molecule has 0 bridgehead atoms. The summed E-state index contributed by atoms with van der Waals surface area (Å²) in [7, 11) is 0. The number of alkyl halides is 3. The van der Waals surface area contributed by atoms with Gasteiger partial charge in [0, 0.05) is 26.2 Å². The van der Waals surface area contributed by atoms with Crippen LogP contribution in [0.5, 0.6) is 0 Å². The lowest BCUT2D eigenvalue weighted by atomic mass is 9.96. The molecule has 2 heterocycles. The average molecular weight is 349 g/mol. The number of hydrogen-bond donors (Lipinski definition) is 1. The van der Waals surface area contributed by atoms with E-state index in [2.05, 4.69) is 5.32 Å². The zero-order valence-electron chi connectivity index (χ0n) is 13.9. The van der Waals surface area contributed by atoms with E-state index in [0.717, 1.165) is 51.6 Å². The molecule has 0 aromatic heterocycles. The van der Waals surface area contributed by atoms with Gasteiger partial charge in [-0.2, -0.15) is 13.2 Å². The van der Waals surface area contributed by atoms with Crippen molar-refractivity contribution in [1.29, 1.82) is 0 Å². The highest BCUT2D eigenvalue weighted by atomic mass is 19.4. The molecule has 0 saturated carbocycles. The molecule has 0 aromatic rings. The van der Waals surface area contributed by atoms with Crippen LogP contribution in [0, 0.1) is 5.92 Å². The molecule has 0 radical (unpaired) electrons. The Balaban J connectivity index is 1.81. The number of halogens is 3. The van der Waals surface area contributed by atoms with Crippen LogP contribution in [0.3, 0.4) is 0 Å². The van der Waals surface area contributed by atoms with E-state index in [9.17, 15) is 22.8 Å². The lowest BCUT2D eigenvalue weighted by Gasteiger charge is -2.35. The third kappa shape index (κ3) is 5.96. The van der Waals surface area contributed by atoms with Crippen molar-refractivity contribution in [3.63, 3.8) is 0 Å². The van der Waals surface area contributed by atoms with Gasteiger partial charge in [-0.1, -0.05) is 12.8 Å². The zero-order valence-corrected chi connectivity index (χ0v) is 13.9. The Kier molecular flexibility index (Phi) is 6.89. The molecule has 0 aromatic carbocycles. The summed E-state index contributed by atoms with van der Waals surface area (Å²) in [5, 5.41) is 2.13. The number of piperidine rings is 1. The molecule has 2 rings (SSSR count). The number of carbonyl (C=O) groups excluding carboxylic acids is 2. The topological polar surface area (TPSA) is 52.7 Å². The Hall–Kier alpha value is -1.31. The molecule has 2 aliphatic rings. The van der Waals surface area contributed by atoms with Crippen molar-refractivity contribution in [1.82, 2.24) is 15.1 Å². The molecule has 1 atom stereocenters. The first kappa shape index (κ1) is 19.0. The molecule has 2 fully saturated rings. The van der Waals surface area contributed by atoms with Crippen LogP contribution in [0.25, 0.3) is 0 Å². The van der Waals surface area contributed by atoms with Gasteiger partial charge in [0.05, 0.1) is 19.0 Å². The van der Waals surface area contributed by atoms with Crippen molar-refractivity contribution >= 4 is 11.8 Å². The van der Waals surface area contributed by atoms with Gasteiger partial charge in [-0.25, -0.2) is 0 Å². The number of carbonyl (C=O) groups is 2. The van der Waals surface area contributed by atoms with Gasteiger partial charge in [0.15, 0.2) is 0 Å². The van der Waals surface area contributed by atoms with Gasteiger partial charge < -0.3 is 15.1 Å². The third-order valence-electron chi connectivity index (χ3n) is 4.64. The molecule has 2 amide bonds. The van der Waals surface area contributed by atoms with Gasteiger partial charge in [0.25, 0.3) is 0 Å². The molecule has 0 aliphatic carbocycles. The molecule has 8 heteroatoms. The van der Waals surface area contributed by atoms with Crippen molar-refractivity contribution in [3.8, 4) is 0 Å². The number of amides is 2. The van der Waals surface area contributed by atoms with E-state index in [-0.39, 0.29) is 24.3 Å². The number of nitrogens with zero attached hydrogens (tertiary/aromatic N) is 2. The summed E-state index contributed by atoms with van der Waals surface area (Å²) in [4.78, 5) is 28.1. The average Bonchev–Trinajstić information content (AvgIpc) is 2.82. The molecule has 1 N–H and O–H groups in total. The minimum absolute atomic E-state index is 0.0950. The SMILES string of the molecule is O=C(CNCC(F)(F)F)N1CCC[C@@H](C(=O)N2CCCCCC2)C1. The van der Waals surface area contributed by atoms with Gasteiger partial charge in [0.1, 0.15) is 0 Å². The zero-order chi connectivity index (χ0) is 17.6. The van der Waals surface area contributed by atoms with Crippen LogP contribution < -0.4 is 5.32 Å². The highest BCUT2D eigenvalue weighted by Gasteiger charge is 2.32. The fraction of sp³-hybridized carbons (Fsp3) is 0.875. The normalized spacial score (nSPS) is 23.0. The van der Waals surface area contributed by atoms with Crippen LogP contribution >= 0.6 is 0 Å². The van der Waals surface area contributed by atoms with Crippen LogP contribution in [0.4, 0.5) is 13.2 Å². The van der Waals surface area contributed by atoms with E-state index < -0.39 is 12.7 Å². The van der Waals surface area contributed by atoms with Crippen molar-refractivity contribution in [3.05, 3.63) is 0 Å². The molecule has 0 unspecified atom stereocenters. The van der Waals surface area contributed by atoms with E-state index >= 15 is 0 Å². The molecular formula is C16H26F3N3O2. The standard InChI is InChI=1S/C16H26F3N3O2/c17-16(18,19)12-20-10-14(23)22-9-5-6-13(11-22)15(24)21-7-3-1-2-4-8-21/h13,20H,1-12H2/t13-/m1/s1. The van der Waals surface area contributed by atoms with Crippen LogP contribution in [-0.2, 0) is 9.59 Å². The van der Waals surface area contributed by atoms with Gasteiger partial charge in [-0.05, 0) is 25.7 Å². The number of nitrogens with one attached hydrogen (secondary N) is 1.